The van der Waals surface area contributed by atoms with Crippen LogP contribution >= 0.6 is 0 Å². The summed E-state index contributed by atoms with van der Waals surface area (Å²) < 4.78 is 17.0. The molecular weight excluding hydrogens is 985 g/mol. The summed E-state index contributed by atoms with van der Waals surface area (Å²) in [5.41, 5.74) is 0. The van der Waals surface area contributed by atoms with Gasteiger partial charge < -0.3 is 14.2 Å². The lowest BCUT2D eigenvalue weighted by molar-refractivity contribution is -0.167. The average molecular weight is 1120 g/mol. The second kappa shape index (κ2) is 69.1. The molecule has 0 heterocycles. The summed E-state index contributed by atoms with van der Waals surface area (Å²) in [6.07, 6.45) is 86.0. The molecule has 0 aromatic rings. The van der Waals surface area contributed by atoms with Gasteiger partial charge in [-0.1, -0.05) is 340 Å². The first-order chi connectivity index (χ1) is 39.5. The first-order valence-electron chi connectivity index (χ1n) is 36.0. The van der Waals surface area contributed by atoms with Crippen LogP contribution in [0.5, 0.6) is 0 Å². The molecule has 0 rings (SSSR count). The highest BCUT2D eigenvalue weighted by Crippen LogP contribution is 2.18. The standard InChI is InChI=1S/C74H138O6/c1-4-7-10-13-16-19-22-25-28-30-32-34-36-38-39-41-43-46-49-52-55-58-61-64-67-73(76)79-70-71(69-78-72(75)66-63-60-57-54-51-48-45-27-24-21-18-15-12-9-6-3)80-74(77)68-65-62-59-56-53-50-47-44-42-40-37-35-33-31-29-26-23-20-17-14-11-8-5-2/h23,26-27,31,33,45,71H,4-22,24-25,28-30,32,34-44,46-70H2,1-3H3/b26-23-,33-31-,45-27-. The van der Waals surface area contributed by atoms with Gasteiger partial charge in [-0.2, -0.15) is 0 Å². The van der Waals surface area contributed by atoms with Crippen LogP contribution in [0, 0.1) is 0 Å². The SMILES string of the molecule is CCCCCCC/C=C\C/C=C\CCCCCCCCCCCCCC(=O)OC(COC(=O)CCCCCCC/C=C\CCCCCCCC)COC(=O)CCCCCCCCCCCCCCCCCCCCCCCCCC. The highest BCUT2D eigenvalue weighted by Gasteiger charge is 2.19. The zero-order valence-electron chi connectivity index (χ0n) is 54.1. The van der Waals surface area contributed by atoms with Gasteiger partial charge >= 0.3 is 17.9 Å². The summed E-state index contributed by atoms with van der Waals surface area (Å²) in [5, 5.41) is 0. The molecule has 80 heavy (non-hydrogen) atoms. The molecule has 0 bridgehead atoms. The number of ether oxygens (including phenoxy) is 3. The van der Waals surface area contributed by atoms with Crippen molar-refractivity contribution in [1.82, 2.24) is 0 Å². The van der Waals surface area contributed by atoms with Gasteiger partial charge in [0.1, 0.15) is 13.2 Å². The van der Waals surface area contributed by atoms with Gasteiger partial charge in [-0.05, 0) is 77.0 Å². The van der Waals surface area contributed by atoms with Crippen molar-refractivity contribution in [3.05, 3.63) is 36.5 Å². The number of hydrogen-bond donors (Lipinski definition) is 0. The summed E-state index contributed by atoms with van der Waals surface area (Å²) in [6, 6.07) is 0. The first-order valence-corrected chi connectivity index (χ1v) is 36.0. The second-order valence-electron chi connectivity index (χ2n) is 24.5. The van der Waals surface area contributed by atoms with E-state index in [1.165, 1.54) is 289 Å². The quantitative estimate of drug-likeness (QED) is 0.0261. The number of carbonyl (C=O) groups is 3. The minimum absolute atomic E-state index is 0.0705. The maximum Gasteiger partial charge on any atom is 0.306 e. The van der Waals surface area contributed by atoms with Crippen LogP contribution in [0.2, 0.25) is 0 Å². The van der Waals surface area contributed by atoms with Crippen molar-refractivity contribution in [1.29, 1.82) is 0 Å². The number of rotatable bonds is 67. The van der Waals surface area contributed by atoms with Gasteiger partial charge in [0.15, 0.2) is 6.10 Å². The van der Waals surface area contributed by atoms with Crippen LogP contribution in [0.4, 0.5) is 0 Å². The Kier molecular flexibility index (Phi) is 67.1. The van der Waals surface area contributed by atoms with E-state index >= 15 is 0 Å². The molecule has 0 aromatic heterocycles. The summed E-state index contributed by atoms with van der Waals surface area (Å²) in [5.74, 6) is -0.851. The monoisotopic (exact) mass is 1120 g/mol. The Morgan fingerprint density at radius 3 is 0.700 bits per heavy atom. The molecule has 0 saturated carbocycles. The summed E-state index contributed by atoms with van der Waals surface area (Å²) in [4.78, 5) is 38.5. The van der Waals surface area contributed by atoms with Crippen molar-refractivity contribution < 1.29 is 28.6 Å². The lowest BCUT2D eigenvalue weighted by atomic mass is 10.0. The van der Waals surface area contributed by atoms with Crippen LogP contribution in [0.1, 0.15) is 400 Å². The minimum Gasteiger partial charge on any atom is -0.462 e. The van der Waals surface area contributed by atoms with E-state index < -0.39 is 6.10 Å². The average Bonchev–Trinajstić information content (AvgIpc) is 3.46. The molecule has 0 aliphatic rings. The fourth-order valence-electron chi connectivity index (χ4n) is 10.9. The molecule has 6 heteroatoms. The summed E-state index contributed by atoms with van der Waals surface area (Å²) in [7, 11) is 0. The number of unbranched alkanes of at least 4 members (excludes halogenated alkanes) is 50. The van der Waals surface area contributed by atoms with Gasteiger partial charge in [0.25, 0.3) is 0 Å². The zero-order valence-corrected chi connectivity index (χ0v) is 54.1. The van der Waals surface area contributed by atoms with E-state index in [2.05, 4.69) is 57.2 Å². The lowest BCUT2D eigenvalue weighted by Crippen LogP contribution is -2.30. The van der Waals surface area contributed by atoms with Gasteiger partial charge in [-0.25, -0.2) is 0 Å². The molecule has 0 saturated heterocycles. The van der Waals surface area contributed by atoms with Crippen LogP contribution < -0.4 is 0 Å². The van der Waals surface area contributed by atoms with E-state index in [0.717, 1.165) is 70.6 Å². The summed E-state index contributed by atoms with van der Waals surface area (Å²) in [6.45, 7) is 6.70. The Morgan fingerprint density at radius 2 is 0.450 bits per heavy atom. The molecular formula is C74H138O6. The Morgan fingerprint density at radius 1 is 0.250 bits per heavy atom. The van der Waals surface area contributed by atoms with Crippen molar-refractivity contribution in [2.75, 3.05) is 13.2 Å². The maximum absolute atomic E-state index is 13.0. The molecule has 0 aliphatic heterocycles. The number of carbonyl (C=O) groups excluding carboxylic acids is 3. The molecule has 0 radical (unpaired) electrons. The van der Waals surface area contributed by atoms with Crippen molar-refractivity contribution in [2.45, 2.75) is 406 Å². The normalized spacial score (nSPS) is 12.2. The highest BCUT2D eigenvalue weighted by atomic mass is 16.6. The molecule has 1 unspecified atom stereocenters. The van der Waals surface area contributed by atoms with Crippen LogP contribution in [0.3, 0.4) is 0 Å². The van der Waals surface area contributed by atoms with E-state index in [0.29, 0.717) is 19.3 Å². The van der Waals surface area contributed by atoms with Crippen molar-refractivity contribution >= 4 is 17.9 Å². The lowest BCUT2D eigenvalue weighted by Gasteiger charge is -2.18. The van der Waals surface area contributed by atoms with E-state index in [-0.39, 0.29) is 31.1 Å². The number of allylic oxidation sites excluding steroid dienone is 6. The van der Waals surface area contributed by atoms with Gasteiger partial charge in [-0.3, -0.25) is 14.4 Å². The van der Waals surface area contributed by atoms with E-state index in [9.17, 15) is 14.4 Å². The maximum atomic E-state index is 13.0. The molecule has 1 atom stereocenters. The van der Waals surface area contributed by atoms with E-state index in [4.69, 9.17) is 14.2 Å². The Bertz CT molecular complexity index is 1340. The Balaban J connectivity index is 4.27. The zero-order chi connectivity index (χ0) is 57.8. The second-order valence-corrected chi connectivity index (χ2v) is 24.5. The van der Waals surface area contributed by atoms with Gasteiger partial charge in [0.05, 0.1) is 0 Å². The first kappa shape index (κ1) is 77.6. The van der Waals surface area contributed by atoms with Crippen LogP contribution in [0.25, 0.3) is 0 Å². The third-order valence-corrected chi connectivity index (χ3v) is 16.4. The fraction of sp³-hybridized carbons (Fsp3) is 0.878. The number of hydrogen-bond acceptors (Lipinski definition) is 6. The fourth-order valence-corrected chi connectivity index (χ4v) is 10.9. The van der Waals surface area contributed by atoms with E-state index in [1.54, 1.807) is 0 Å². The molecule has 0 aromatic carbocycles. The molecule has 6 nitrogen and oxygen atoms in total. The Labute approximate surface area is 499 Å². The molecule has 0 spiro atoms. The van der Waals surface area contributed by atoms with Gasteiger partial charge in [0.2, 0.25) is 0 Å². The predicted molar refractivity (Wildman–Crippen MR) is 349 cm³/mol. The van der Waals surface area contributed by atoms with Gasteiger partial charge in [0, 0.05) is 19.3 Å². The van der Waals surface area contributed by atoms with Crippen LogP contribution in [0.15, 0.2) is 36.5 Å². The smallest absolute Gasteiger partial charge is 0.306 e. The molecule has 0 amide bonds. The molecule has 0 fully saturated rings. The van der Waals surface area contributed by atoms with E-state index in [1.807, 2.05) is 0 Å². The van der Waals surface area contributed by atoms with Crippen LogP contribution in [-0.4, -0.2) is 37.2 Å². The molecule has 0 N–H and O–H groups in total. The molecule has 0 aliphatic carbocycles. The van der Waals surface area contributed by atoms with Crippen molar-refractivity contribution in [3.8, 4) is 0 Å². The topological polar surface area (TPSA) is 78.9 Å². The Hall–Kier alpha value is -2.37. The summed E-state index contributed by atoms with van der Waals surface area (Å²) >= 11 is 0. The van der Waals surface area contributed by atoms with Crippen molar-refractivity contribution in [2.24, 2.45) is 0 Å². The highest BCUT2D eigenvalue weighted by molar-refractivity contribution is 5.71. The van der Waals surface area contributed by atoms with Crippen LogP contribution in [-0.2, 0) is 28.6 Å². The van der Waals surface area contributed by atoms with Gasteiger partial charge in [-0.15, -0.1) is 0 Å². The third kappa shape index (κ3) is 66.4. The predicted octanol–water partition coefficient (Wildman–Crippen LogP) is 24.7. The number of esters is 3. The minimum atomic E-state index is -0.776. The third-order valence-electron chi connectivity index (χ3n) is 16.4. The molecule has 470 valence electrons. The van der Waals surface area contributed by atoms with Crippen molar-refractivity contribution in [3.63, 3.8) is 0 Å². The largest absolute Gasteiger partial charge is 0.462 e.